The van der Waals surface area contributed by atoms with Crippen LogP contribution in [0.5, 0.6) is 0 Å². The van der Waals surface area contributed by atoms with Gasteiger partial charge in [0.05, 0.1) is 12.5 Å². The highest BCUT2D eigenvalue weighted by molar-refractivity contribution is 6.06. The number of hydrogen-bond donors (Lipinski definition) is 2. The Kier molecular flexibility index (Phi) is 4.51. The Morgan fingerprint density at radius 3 is 2.52 bits per heavy atom. The summed E-state index contributed by atoms with van der Waals surface area (Å²) in [6.07, 6.45) is 1.56. The molecule has 2 aliphatic rings. The van der Waals surface area contributed by atoms with Crippen LogP contribution in [0.2, 0.25) is 0 Å². The first kappa shape index (κ1) is 15.8. The van der Waals surface area contributed by atoms with E-state index in [1.54, 1.807) is 20.8 Å². The molecular formula is C14H23N3O4. The average molecular weight is 297 g/mol. The lowest BCUT2D eigenvalue weighted by molar-refractivity contribution is -0.139. The molecule has 0 aromatic heterocycles. The molecule has 0 aromatic rings. The number of ether oxygens (including phenoxy) is 1. The molecular weight excluding hydrogens is 274 g/mol. The highest BCUT2D eigenvalue weighted by atomic mass is 16.6. The lowest BCUT2D eigenvalue weighted by atomic mass is 10.2. The van der Waals surface area contributed by atoms with Crippen molar-refractivity contribution in [2.45, 2.75) is 57.7 Å². The van der Waals surface area contributed by atoms with Crippen LogP contribution < -0.4 is 10.6 Å². The van der Waals surface area contributed by atoms with E-state index in [1.807, 2.05) is 0 Å². The van der Waals surface area contributed by atoms with E-state index >= 15 is 0 Å². The van der Waals surface area contributed by atoms with Gasteiger partial charge in [-0.2, -0.15) is 0 Å². The van der Waals surface area contributed by atoms with E-state index < -0.39 is 17.7 Å². The number of rotatable bonds is 5. The number of carbonyl (C=O) groups excluding carboxylic acids is 3. The molecule has 2 rings (SSSR count). The number of hydrogen-bond acceptors (Lipinski definition) is 5. The summed E-state index contributed by atoms with van der Waals surface area (Å²) in [7, 11) is 0. The van der Waals surface area contributed by atoms with Crippen LogP contribution in [0.15, 0.2) is 0 Å². The lowest BCUT2D eigenvalue weighted by Gasteiger charge is -2.20. The van der Waals surface area contributed by atoms with Crippen LogP contribution in [0.4, 0.5) is 4.79 Å². The zero-order valence-corrected chi connectivity index (χ0v) is 12.8. The second kappa shape index (κ2) is 6.01. The fourth-order valence-corrected chi connectivity index (χ4v) is 2.25. The molecule has 1 saturated carbocycles. The van der Waals surface area contributed by atoms with Gasteiger partial charge in [0.1, 0.15) is 5.60 Å². The van der Waals surface area contributed by atoms with E-state index in [-0.39, 0.29) is 24.3 Å². The van der Waals surface area contributed by atoms with Crippen LogP contribution in [0, 0.1) is 0 Å². The Morgan fingerprint density at radius 2 is 1.95 bits per heavy atom. The molecule has 2 N–H and O–H groups in total. The zero-order valence-electron chi connectivity index (χ0n) is 12.8. The molecule has 3 amide bonds. The van der Waals surface area contributed by atoms with Crippen LogP contribution in [0.3, 0.4) is 0 Å². The molecule has 2 fully saturated rings. The fraction of sp³-hybridized carbons (Fsp3) is 0.786. The molecule has 0 radical (unpaired) electrons. The number of imide groups is 1. The summed E-state index contributed by atoms with van der Waals surface area (Å²) in [5, 5.41) is 5.61. The molecule has 21 heavy (non-hydrogen) atoms. The SMILES string of the molecule is CC(C)(C)OC(=O)NCCNC1CC(=O)N(C2CC2)C1=O. The summed E-state index contributed by atoms with van der Waals surface area (Å²) in [5.41, 5.74) is -0.532. The second-order valence-corrected chi connectivity index (χ2v) is 6.47. The second-order valence-electron chi connectivity index (χ2n) is 6.47. The predicted octanol–water partition coefficient (Wildman–Crippen LogP) is 0.391. The Balaban J connectivity index is 1.66. The van der Waals surface area contributed by atoms with Crippen molar-refractivity contribution in [1.82, 2.24) is 15.5 Å². The number of nitrogens with zero attached hydrogens (tertiary/aromatic N) is 1. The van der Waals surface area contributed by atoms with Crippen LogP contribution in [-0.2, 0) is 14.3 Å². The molecule has 118 valence electrons. The van der Waals surface area contributed by atoms with Gasteiger partial charge < -0.3 is 15.4 Å². The van der Waals surface area contributed by atoms with Crippen molar-refractivity contribution >= 4 is 17.9 Å². The van der Waals surface area contributed by atoms with Crippen molar-refractivity contribution in [3.05, 3.63) is 0 Å². The third kappa shape index (κ3) is 4.42. The quantitative estimate of drug-likeness (QED) is 0.566. The molecule has 7 nitrogen and oxygen atoms in total. The molecule has 1 saturated heterocycles. The van der Waals surface area contributed by atoms with Gasteiger partial charge in [-0.3, -0.25) is 14.5 Å². The van der Waals surface area contributed by atoms with Gasteiger partial charge >= 0.3 is 6.09 Å². The van der Waals surface area contributed by atoms with E-state index in [4.69, 9.17) is 4.74 Å². The Bertz CT molecular complexity index is 440. The Hall–Kier alpha value is -1.63. The van der Waals surface area contributed by atoms with E-state index in [0.29, 0.717) is 13.1 Å². The molecule has 0 spiro atoms. The number of alkyl carbamates (subject to hydrolysis) is 1. The third-order valence-electron chi connectivity index (χ3n) is 3.28. The van der Waals surface area contributed by atoms with E-state index in [1.165, 1.54) is 4.90 Å². The minimum absolute atomic E-state index is 0.0971. The standard InChI is InChI=1S/C14H23N3O4/c1-14(2,3)21-13(20)16-7-6-15-10-8-11(18)17(12(10)19)9-4-5-9/h9-10,15H,4-8H2,1-3H3,(H,16,20). The van der Waals surface area contributed by atoms with E-state index in [9.17, 15) is 14.4 Å². The van der Waals surface area contributed by atoms with Gasteiger partial charge in [0, 0.05) is 19.1 Å². The van der Waals surface area contributed by atoms with Crippen molar-refractivity contribution in [3.63, 3.8) is 0 Å². The Labute approximate surface area is 124 Å². The van der Waals surface area contributed by atoms with Crippen LogP contribution in [0.25, 0.3) is 0 Å². The van der Waals surface area contributed by atoms with Crippen molar-refractivity contribution < 1.29 is 19.1 Å². The average Bonchev–Trinajstić information content (AvgIpc) is 3.11. The maximum atomic E-state index is 12.0. The highest BCUT2D eigenvalue weighted by Crippen LogP contribution is 2.31. The molecule has 0 bridgehead atoms. The third-order valence-corrected chi connectivity index (χ3v) is 3.28. The minimum Gasteiger partial charge on any atom is -0.444 e. The zero-order chi connectivity index (χ0) is 15.6. The molecule has 1 heterocycles. The first-order valence-corrected chi connectivity index (χ1v) is 7.34. The summed E-state index contributed by atoms with van der Waals surface area (Å²) in [6, 6.07) is -0.338. The van der Waals surface area contributed by atoms with Crippen molar-refractivity contribution in [1.29, 1.82) is 0 Å². The summed E-state index contributed by atoms with van der Waals surface area (Å²) in [6.45, 7) is 6.14. The minimum atomic E-state index is -0.532. The molecule has 1 aliphatic carbocycles. The van der Waals surface area contributed by atoms with Gasteiger partial charge in [0.25, 0.3) is 0 Å². The monoisotopic (exact) mass is 297 g/mol. The molecule has 1 unspecified atom stereocenters. The first-order valence-electron chi connectivity index (χ1n) is 7.34. The van der Waals surface area contributed by atoms with Gasteiger partial charge in [-0.15, -0.1) is 0 Å². The van der Waals surface area contributed by atoms with E-state index in [2.05, 4.69) is 10.6 Å². The highest BCUT2D eigenvalue weighted by Gasteiger charge is 2.45. The van der Waals surface area contributed by atoms with Crippen molar-refractivity contribution in [2.24, 2.45) is 0 Å². The van der Waals surface area contributed by atoms with Gasteiger partial charge in [-0.05, 0) is 33.6 Å². The summed E-state index contributed by atoms with van der Waals surface area (Å²) in [4.78, 5) is 36.6. The number of nitrogens with one attached hydrogen (secondary N) is 2. The fourth-order valence-electron chi connectivity index (χ4n) is 2.25. The number of amides is 3. The van der Waals surface area contributed by atoms with Gasteiger partial charge in [0.15, 0.2) is 0 Å². The lowest BCUT2D eigenvalue weighted by Crippen LogP contribution is -2.43. The summed E-state index contributed by atoms with van der Waals surface area (Å²) >= 11 is 0. The topological polar surface area (TPSA) is 87.7 Å². The number of likely N-dealkylation sites (tertiary alicyclic amines) is 1. The first-order chi connectivity index (χ1) is 9.78. The van der Waals surface area contributed by atoms with Gasteiger partial charge in [-0.1, -0.05) is 0 Å². The van der Waals surface area contributed by atoms with Gasteiger partial charge in [0.2, 0.25) is 11.8 Å². The summed E-state index contributed by atoms with van der Waals surface area (Å²) in [5.74, 6) is -0.236. The number of carbonyl (C=O) groups is 3. The van der Waals surface area contributed by atoms with Crippen LogP contribution >= 0.6 is 0 Å². The van der Waals surface area contributed by atoms with E-state index in [0.717, 1.165) is 12.8 Å². The Morgan fingerprint density at radius 1 is 1.29 bits per heavy atom. The van der Waals surface area contributed by atoms with Crippen molar-refractivity contribution in [3.8, 4) is 0 Å². The predicted molar refractivity (Wildman–Crippen MR) is 75.5 cm³/mol. The van der Waals surface area contributed by atoms with Crippen LogP contribution in [0.1, 0.15) is 40.0 Å². The smallest absolute Gasteiger partial charge is 0.407 e. The largest absolute Gasteiger partial charge is 0.444 e. The maximum Gasteiger partial charge on any atom is 0.407 e. The molecule has 1 aliphatic heterocycles. The normalized spacial score (nSPS) is 22.6. The maximum absolute atomic E-state index is 12.0. The van der Waals surface area contributed by atoms with Crippen LogP contribution in [-0.4, -0.2) is 53.6 Å². The molecule has 1 atom stereocenters. The molecule has 0 aromatic carbocycles. The van der Waals surface area contributed by atoms with Crippen molar-refractivity contribution in [2.75, 3.05) is 13.1 Å². The summed E-state index contributed by atoms with van der Waals surface area (Å²) < 4.78 is 5.10. The van der Waals surface area contributed by atoms with Gasteiger partial charge in [-0.25, -0.2) is 4.79 Å². The molecule has 7 heteroatoms.